The van der Waals surface area contributed by atoms with Gasteiger partial charge in [-0.2, -0.15) is 0 Å². The summed E-state index contributed by atoms with van der Waals surface area (Å²) in [6.45, 7) is -0.0177. The lowest BCUT2D eigenvalue weighted by atomic mass is 10.2. The monoisotopic (exact) mass is 263 g/mol. The van der Waals surface area contributed by atoms with E-state index in [2.05, 4.69) is 4.98 Å². The number of pyridine rings is 1. The number of H-pyrrole nitrogens is 1. The van der Waals surface area contributed by atoms with E-state index in [-0.39, 0.29) is 12.4 Å². The van der Waals surface area contributed by atoms with Crippen molar-refractivity contribution < 1.29 is 4.92 Å². The van der Waals surface area contributed by atoms with Crippen LogP contribution in [0.2, 0.25) is 0 Å². The quantitative estimate of drug-likeness (QED) is 0.564. The van der Waals surface area contributed by atoms with Gasteiger partial charge in [-0.3, -0.25) is 24.5 Å². The number of nitrogens with one attached hydrogen (secondary N) is 1. The smallest absolute Gasteiger partial charge is 0.350 e. The number of nitrogens with zero attached hydrogens (tertiary/aromatic N) is 3. The van der Waals surface area contributed by atoms with Crippen molar-refractivity contribution in [2.45, 2.75) is 6.54 Å². The Bertz CT molecular complexity index is 748. The lowest BCUT2D eigenvalue weighted by Gasteiger charge is -2.06. The maximum Gasteiger partial charge on any atom is 0.350 e. The summed E-state index contributed by atoms with van der Waals surface area (Å²) in [6.07, 6.45) is 2.37. The summed E-state index contributed by atoms with van der Waals surface area (Å²) in [7, 11) is 0. The van der Waals surface area contributed by atoms with Gasteiger partial charge in [0.25, 0.3) is 0 Å². The average molecular weight is 263 g/mol. The molecule has 98 valence electrons. The summed E-state index contributed by atoms with van der Waals surface area (Å²) >= 11 is 0. The van der Waals surface area contributed by atoms with Crippen molar-refractivity contribution in [1.29, 1.82) is 0 Å². The number of hydrogen-bond donors (Lipinski definition) is 2. The maximum atomic E-state index is 11.6. The minimum Gasteiger partial charge on any atom is -0.383 e. The van der Waals surface area contributed by atoms with Crippen molar-refractivity contribution in [3.05, 3.63) is 61.0 Å². The van der Waals surface area contributed by atoms with E-state index in [9.17, 15) is 19.7 Å². The summed E-state index contributed by atoms with van der Waals surface area (Å²) in [6, 6.07) is 3.25. The van der Waals surface area contributed by atoms with E-state index in [1.807, 2.05) is 4.98 Å². The third-order valence-corrected chi connectivity index (χ3v) is 2.46. The van der Waals surface area contributed by atoms with Gasteiger partial charge >= 0.3 is 16.9 Å². The zero-order valence-corrected chi connectivity index (χ0v) is 9.57. The molecule has 0 bridgehead atoms. The normalized spacial score (nSPS) is 10.3. The van der Waals surface area contributed by atoms with Crippen LogP contribution < -0.4 is 17.0 Å². The average Bonchev–Trinajstić information content (AvgIpc) is 2.34. The molecule has 0 amide bonds. The van der Waals surface area contributed by atoms with Crippen LogP contribution in [0.5, 0.6) is 0 Å². The molecule has 0 radical (unpaired) electrons. The Kier molecular flexibility index (Phi) is 3.10. The molecule has 0 unspecified atom stereocenters. The Balaban J connectivity index is 2.49. The number of rotatable bonds is 3. The van der Waals surface area contributed by atoms with Crippen molar-refractivity contribution in [2.24, 2.45) is 0 Å². The second-order valence-electron chi connectivity index (χ2n) is 3.71. The molecule has 2 rings (SSSR count). The van der Waals surface area contributed by atoms with Gasteiger partial charge in [-0.1, -0.05) is 6.07 Å². The fraction of sp³-hybridized carbons (Fsp3) is 0.100. The Labute approximate surface area is 105 Å². The Morgan fingerprint density at radius 2 is 2.21 bits per heavy atom. The van der Waals surface area contributed by atoms with Crippen LogP contribution in [-0.2, 0) is 6.54 Å². The zero-order valence-electron chi connectivity index (χ0n) is 9.57. The van der Waals surface area contributed by atoms with Crippen molar-refractivity contribution in [3.8, 4) is 0 Å². The number of nitrogens with two attached hydrogens (primary N) is 1. The number of nitrogen functional groups attached to an aromatic ring is 1. The molecule has 2 aromatic rings. The second kappa shape index (κ2) is 4.72. The largest absolute Gasteiger partial charge is 0.383 e. The minimum atomic E-state index is -1.04. The van der Waals surface area contributed by atoms with Gasteiger partial charge in [0.1, 0.15) is 5.82 Å². The molecule has 0 fully saturated rings. The SMILES string of the molecule is Nc1ncccc1Cn1cc([N+](=O)[O-])c(=O)[nH]c1=O. The molecule has 19 heavy (non-hydrogen) atoms. The van der Waals surface area contributed by atoms with E-state index in [1.54, 1.807) is 12.1 Å². The van der Waals surface area contributed by atoms with Gasteiger partial charge in [0.2, 0.25) is 0 Å². The van der Waals surface area contributed by atoms with Gasteiger partial charge in [0, 0.05) is 11.8 Å². The highest BCUT2D eigenvalue weighted by atomic mass is 16.6. The molecule has 0 saturated heterocycles. The highest BCUT2D eigenvalue weighted by Crippen LogP contribution is 2.09. The van der Waals surface area contributed by atoms with Gasteiger partial charge in [-0.15, -0.1) is 0 Å². The fourth-order valence-electron chi connectivity index (χ4n) is 1.51. The fourth-order valence-corrected chi connectivity index (χ4v) is 1.51. The van der Waals surface area contributed by atoms with Crippen LogP contribution in [0.15, 0.2) is 34.1 Å². The Hall–Kier alpha value is -2.97. The molecule has 0 aliphatic carbocycles. The third-order valence-electron chi connectivity index (χ3n) is 2.46. The highest BCUT2D eigenvalue weighted by Gasteiger charge is 2.15. The van der Waals surface area contributed by atoms with Crippen molar-refractivity contribution >= 4 is 11.5 Å². The first kappa shape index (κ1) is 12.5. The number of nitro groups is 1. The van der Waals surface area contributed by atoms with Crippen LogP contribution in [0.3, 0.4) is 0 Å². The summed E-state index contributed by atoms with van der Waals surface area (Å²) in [5.74, 6) is 0.211. The zero-order chi connectivity index (χ0) is 14.0. The molecule has 0 spiro atoms. The van der Waals surface area contributed by atoms with E-state index in [0.29, 0.717) is 5.56 Å². The lowest BCUT2D eigenvalue weighted by Crippen LogP contribution is -2.31. The van der Waals surface area contributed by atoms with Gasteiger partial charge in [0.15, 0.2) is 0 Å². The van der Waals surface area contributed by atoms with Crippen LogP contribution in [-0.4, -0.2) is 19.5 Å². The third kappa shape index (κ3) is 2.49. The number of anilines is 1. The second-order valence-corrected chi connectivity index (χ2v) is 3.71. The number of aromatic nitrogens is 3. The summed E-state index contributed by atoms with van der Waals surface area (Å²) < 4.78 is 0.993. The van der Waals surface area contributed by atoms with Crippen LogP contribution in [0.4, 0.5) is 11.5 Å². The first-order chi connectivity index (χ1) is 8.99. The van der Waals surface area contributed by atoms with Crippen molar-refractivity contribution in [1.82, 2.24) is 14.5 Å². The maximum absolute atomic E-state index is 11.6. The van der Waals surface area contributed by atoms with Crippen LogP contribution in [0.1, 0.15) is 5.56 Å². The summed E-state index contributed by atoms with van der Waals surface area (Å²) in [5, 5.41) is 10.6. The van der Waals surface area contributed by atoms with Crippen LogP contribution >= 0.6 is 0 Å². The van der Waals surface area contributed by atoms with Gasteiger partial charge in [-0.25, -0.2) is 9.78 Å². The first-order valence-corrected chi connectivity index (χ1v) is 5.16. The van der Waals surface area contributed by atoms with E-state index < -0.39 is 21.9 Å². The topological polar surface area (TPSA) is 137 Å². The van der Waals surface area contributed by atoms with E-state index in [0.717, 1.165) is 10.8 Å². The summed E-state index contributed by atoms with van der Waals surface area (Å²) in [5.41, 5.74) is 3.64. The standard InChI is InChI=1S/C10H9N5O4/c11-8-6(2-1-3-12-8)4-14-5-7(15(18)19)9(16)13-10(14)17/h1-3,5H,4H2,(H2,11,12)(H,13,16,17). The van der Waals surface area contributed by atoms with Gasteiger partial charge < -0.3 is 5.73 Å². The molecule has 0 aliphatic heterocycles. The van der Waals surface area contributed by atoms with Gasteiger partial charge in [-0.05, 0) is 6.07 Å². The minimum absolute atomic E-state index is 0.0177. The molecule has 0 saturated carbocycles. The van der Waals surface area contributed by atoms with Gasteiger partial charge in [0.05, 0.1) is 17.7 Å². The lowest BCUT2D eigenvalue weighted by molar-refractivity contribution is -0.386. The molecule has 9 heteroatoms. The van der Waals surface area contributed by atoms with E-state index in [1.165, 1.54) is 6.20 Å². The van der Waals surface area contributed by atoms with Crippen LogP contribution in [0.25, 0.3) is 0 Å². The summed E-state index contributed by atoms with van der Waals surface area (Å²) in [4.78, 5) is 38.3. The van der Waals surface area contributed by atoms with Crippen molar-refractivity contribution in [3.63, 3.8) is 0 Å². The molecule has 3 N–H and O–H groups in total. The van der Waals surface area contributed by atoms with E-state index in [4.69, 9.17) is 5.73 Å². The first-order valence-electron chi connectivity index (χ1n) is 5.16. The molecule has 0 aromatic carbocycles. The van der Waals surface area contributed by atoms with Crippen LogP contribution in [0, 0.1) is 10.1 Å². The predicted octanol–water partition coefficient (Wildman–Crippen LogP) is -0.530. The molecule has 2 aromatic heterocycles. The number of aromatic amines is 1. The molecule has 2 heterocycles. The van der Waals surface area contributed by atoms with E-state index >= 15 is 0 Å². The molecular weight excluding hydrogens is 254 g/mol. The number of hydrogen-bond acceptors (Lipinski definition) is 6. The molecular formula is C10H9N5O4. The molecule has 0 aliphatic rings. The molecule has 9 nitrogen and oxygen atoms in total. The predicted molar refractivity (Wildman–Crippen MR) is 65.7 cm³/mol. The molecule has 0 atom stereocenters. The Morgan fingerprint density at radius 3 is 2.84 bits per heavy atom. The Morgan fingerprint density at radius 1 is 1.47 bits per heavy atom. The van der Waals surface area contributed by atoms with Crippen molar-refractivity contribution in [2.75, 3.05) is 5.73 Å². The highest BCUT2D eigenvalue weighted by molar-refractivity contribution is 5.38.